The third kappa shape index (κ3) is 5.51. The smallest absolute Gasteiger partial charge is 0.233 e. The second-order valence-corrected chi connectivity index (χ2v) is 8.47. The Morgan fingerprint density at radius 3 is 2.48 bits per heavy atom. The number of hydrogen-bond donors (Lipinski definition) is 2. The highest BCUT2D eigenvalue weighted by Crippen LogP contribution is 2.30. The molecule has 2 aromatic carbocycles. The maximum atomic E-state index is 13.0. The van der Waals surface area contributed by atoms with Gasteiger partial charge in [-0.3, -0.25) is 4.79 Å². The minimum absolute atomic E-state index is 0.107. The van der Waals surface area contributed by atoms with E-state index in [-0.39, 0.29) is 23.0 Å². The van der Waals surface area contributed by atoms with Gasteiger partial charge in [-0.2, -0.15) is 0 Å². The molecule has 3 rings (SSSR count). The van der Waals surface area contributed by atoms with E-state index in [1.807, 2.05) is 44.2 Å². The molecule has 1 heterocycles. The van der Waals surface area contributed by atoms with Crippen LogP contribution in [0, 0.1) is 5.82 Å². The molecule has 5 nitrogen and oxygen atoms in total. The molecule has 0 fully saturated rings. The standard InChI is InChI=1S/C19H19FN4OS2/c1-12(14-8-10-15(20)11-9-14)21-17(25)13(2)26-19-24-23-18(27-19)22-16-6-4-3-5-7-16/h3-13H,1-2H3,(H,21,25)(H,22,23)/t12-,13-/m0/s1. The summed E-state index contributed by atoms with van der Waals surface area (Å²) in [5.74, 6) is -0.401. The lowest BCUT2D eigenvalue weighted by atomic mass is 10.1. The first-order valence-electron chi connectivity index (χ1n) is 8.39. The van der Waals surface area contributed by atoms with E-state index in [0.29, 0.717) is 9.47 Å². The quantitative estimate of drug-likeness (QED) is 0.557. The van der Waals surface area contributed by atoms with Crippen molar-refractivity contribution in [3.63, 3.8) is 0 Å². The summed E-state index contributed by atoms with van der Waals surface area (Å²) in [5.41, 5.74) is 1.79. The molecule has 0 aliphatic carbocycles. The number of benzene rings is 2. The van der Waals surface area contributed by atoms with E-state index in [9.17, 15) is 9.18 Å². The Morgan fingerprint density at radius 1 is 1.07 bits per heavy atom. The summed E-state index contributed by atoms with van der Waals surface area (Å²) in [7, 11) is 0. The van der Waals surface area contributed by atoms with Crippen LogP contribution in [-0.4, -0.2) is 21.4 Å². The van der Waals surface area contributed by atoms with Crippen LogP contribution in [0.25, 0.3) is 0 Å². The van der Waals surface area contributed by atoms with Crippen molar-refractivity contribution in [2.75, 3.05) is 5.32 Å². The number of anilines is 2. The fourth-order valence-corrected chi connectivity index (χ4v) is 4.25. The van der Waals surface area contributed by atoms with Gasteiger partial charge in [0.2, 0.25) is 11.0 Å². The molecule has 140 valence electrons. The molecular weight excluding hydrogens is 383 g/mol. The third-order valence-electron chi connectivity index (χ3n) is 3.81. The zero-order valence-corrected chi connectivity index (χ0v) is 16.5. The van der Waals surface area contributed by atoms with Gasteiger partial charge >= 0.3 is 0 Å². The van der Waals surface area contributed by atoms with Gasteiger partial charge in [-0.1, -0.05) is 53.4 Å². The lowest BCUT2D eigenvalue weighted by molar-refractivity contribution is -0.120. The normalized spacial score (nSPS) is 13.0. The zero-order chi connectivity index (χ0) is 19.2. The Hall–Kier alpha value is -2.45. The number of nitrogens with one attached hydrogen (secondary N) is 2. The highest BCUT2D eigenvalue weighted by atomic mass is 32.2. The predicted octanol–water partition coefficient (Wildman–Crippen LogP) is 4.78. The van der Waals surface area contributed by atoms with Crippen LogP contribution < -0.4 is 10.6 Å². The predicted molar refractivity (Wildman–Crippen MR) is 108 cm³/mol. The largest absolute Gasteiger partial charge is 0.349 e. The minimum atomic E-state index is -0.328. The fraction of sp³-hybridized carbons (Fsp3) is 0.211. The van der Waals surface area contributed by atoms with E-state index < -0.39 is 0 Å². The van der Waals surface area contributed by atoms with E-state index in [4.69, 9.17) is 0 Å². The van der Waals surface area contributed by atoms with Gasteiger partial charge in [-0.05, 0) is 43.7 Å². The fourth-order valence-electron chi connectivity index (χ4n) is 2.32. The maximum Gasteiger partial charge on any atom is 0.233 e. The number of carbonyl (C=O) groups excluding carboxylic acids is 1. The van der Waals surface area contributed by atoms with Crippen LogP contribution in [0.15, 0.2) is 58.9 Å². The number of thioether (sulfide) groups is 1. The molecular formula is C19H19FN4OS2. The summed E-state index contributed by atoms with van der Waals surface area (Å²) in [4.78, 5) is 12.4. The number of hydrogen-bond acceptors (Lipinski definition) is 6. The monoisotopic (exact) mass is 402 g/mol. The second kappa shape index (κ2) is 8.96. The molecule has 3 aromatic rings. The highest BCUT2D eigenvalue weighted by molar-refractivity contribution is 8.02. The number of amides is 1. The molecule has 2 atom stereocenters. The molecule has 0 saturated carbocycles. The minimum Gasteiger partial charge on any atom is -0.349 e. The molecule has 0 unspecified atom stereocenters. The summed E-state index contributed by atoms with van der Waals surface area (Å²) < 4.78 is 13.7. The van der Waals surface area contributed by atoms with Crippen LogP contribution >= 0.6 is 23.1 Å². The van der Waals surface area contributed by atoms with Gasteiger partial charge in [0.05, 0.1) is 11.3 Å². The average Bonchev–Trinajstić information content (AvgIpc) is 3.09. The van der Waals surface area contributed by atoms with Gasteiger partial charge in [0.1, 0.15) is 5.82 Å². The number of aromatic nitrogens is 2. The van der Waals surface area contributed by atoms with Gasteiger partial charge < -0.3 is 10.6 Å². The summed E-state index contributed by atoms with van der Waals surface area (Å²) >= 11 is 2.75. The van der Waals surface area contributed by atoms with Crippen LogP contribution in [0.5, 0.6) is 0 Å². The first-order chi connectivity index (χ1) is 13.0. The number of rotatable bonds is 7. The molecule has 0 bridgehead atoms. The Kier molecular flexibility index (Phi) is 6.41. The molecule has 0 radical (unpaired) electrons. The Balaban J connectivity index is 1.54. The van der Waals surface area contributed by atoms with Crippen molar-refractivity contribution >= 4 is 39.8 Å². The zero-order valence-electron chi connectivity index (χ0n) is 14.8. The molecule has 2 N–H and O–H groups in total. The van der Waals surface area contributed by atoms with Crippen molar-refractivity contribution in [1.82, 2.24) is 15.5 Å². The Labute approximate surface area is 165 Å². The van der Waals surface area contributed by atoms with Crippen LogP contribution in [-0.2, 0) is 4.79 Å². The van der Waals surface area contributed by atoms with Crippen molar-refractivity contribution in [3.05, 3.63) is 66.0 Å². The first-order valence-corrected chi connectivity index (χ1v) is 10.1. The topological polar surface area (TPSA) is 66.9 Å². The van der Waals surface area contributed by atoms with Crippen LogP contribution in [0.4, 0.5) is 15.2 Å². The molecule has 0 saturated heterocycles. The molecule has 0 aliphatic rings. The second-order valence-electron chi connectivity index (χ2n) is 5.91. The molecule has 1 amide bonds. The van der Waals surface area contributed by atoms with Gasteiger partial charge in [0, 0.05) is 5.69 Å². The highest BCUT2D eigenvalue weighted by Gasteiger charge is 2.19. The van der Waals surface area contributed by atoms with Gasteiger partial charge in [0.25, 0.3) is 0 Å². The lowest BCUT2D eigenvalue weighted by Crippen LogP contribution is -2.33. The summed E-state index contributed by atoms with van der Waals surface area (Å²) in [5, 5.41) is 14.7. The maximum absolute atomic E-state index is 13.0. The molecule has 0 spiro atoms. The van der Waals surface area contributed by atoms with E-state index in [1.165, 1.54) is 35.2 Å². The molecule has 1 aromatic heterocycles. The van der Waals surface area contributed by atoms with Crippen LogP contribution in [0.2, 0.25) is 0 Å². The van der Waals surface area contributed by atoms with Crippen LogP contribution in [0.1, 0.15) is 25.5 Å². The molecule has 8 heteroatoms. The van der Waals surface area contributed by atoms with Crippen LogP contribution in [0.3, 0.4) is 0 Å². The van der Waals surface area contributed by atoms with Crippen molar-refractivity contribution < 1.29 is 9.18 Å². The van der Waals surface area contributed by atoms with Gasteiger partial charge in [0.15, 0.2) is 4.34 Å². The van der Waals surface area contributed by atoms with Crippen molar-refractivity contribution in [2.24, 2.45) is 0 Å². The summed E-state index contributed by atoms with van der Waals surface area (Å²) in [6.45, 7) is 3.69. The SMILES string of the molecule is C[C@H](Sc1nnc(Nc2ccccc2)s1)C(=O)N[C@@H](C)c1ccc(F)cc1. The lowest BCUT2D eigenvalue weighted by Gasteiger charge is -2.17. The average molecular weight is 403 g/mol. The number of nitrogens with zero attached hydrogens (tertiary/aromatic N) is 2. The summed E-state index contributed by atoms with van der Waals surface area (Å²) in [6, 6.07) is 15.6. The Morgan fingerprint density at radius 2 is 1.78 bits per heavy atom. The van der Waals surface area contributed by atoms with E-state index in [2.05, 4.69) is 20.8 Å². The van der Waals surface area contributed by atoms with E-state index in [1.54, 1.807) is 12.1 Å². The molecule has 0 aliphatic heterocycles. The van der Waals surface area contributed by atoms with E-state index in [0.717, 1.165) is 11.3 Å². The van der Waals surface area contributed by atoms with Crippen molar-refractivity contribution in [2.45, 2.75) is 29.5 Å². The van der Waals surface area contributed by atoms with Crippen molar-refractivity contribution in [3.8, 4) is 0 Å². The van der Waals surface area contributed by atoms with Gasteiger partial charge in [-0.15, -0.1) is 10.2 Å². The number of halogens is 1. The first kappa shape index (κ1) is 19.3. The molecule has 27 heavy (non-hydrogen) atoms. The number of carbonyl (C=O) groups is 1. The summed E-state index contributed by atoms with van der Waals surface area (Å²) in [6.07, 6.45) is 0. The van der Waals surface area contributed by atoms with Crippen molar-refractivity contribution in [1.29, 1.82) is 0 Å². The Bertz CT molecular complexity index is 886. The number of para-hydroxylation sites is 1. The van der Waals surface area contributed by atoms with Gasteiger partial charge in [-0.25, -0.2) is 4.39 Å². The third-order valence-corrected chi connectivity index (χ3v) is 5.83. The van der Waals surface area contributed by atoms with E-state index >= 15 is 0 Å².